The number of nitrogens with zero attached hydrogens (tertiary/aromatic N) is 2. The summed E-state index contributed by atoms with van der Waals surface area (Å²) < 4.78 is 6.69. The molecule has 4 nitrogen and oxygen atoms in total. The number of aromatic nitrogens is 2. The van der Waals surface area contributed by atoms with Gasteiger partial charge in [0.1, 0.15) is 5.56 Å². The predicted molar refractivity (Wildman–Crippen MR) is 90.8 cm³/mol. The third-order valence-corrected chi connectivity index (χ3v) is 4.14. The lowest BCUT2D eigenvalue weighted by molar-refractivity contribution is 0.0602. The maximum absolute atomic E-state index is 12.0. The number of aryl methyl sites for hydroxylation is 2. The highest BCUT2D eigenvalue weighted by Crippen LogP contribution is 2.27. The van der Waals surface area contributed by atoms with Gasteiger partial charge in [0, 0.05) is 11.9 Å². The second-order valence-electron chi connectivity index (χ2n) is 5.31. The normalized spacial score (nSPS) is 10.9. The van der Waals surface area contributed by atoms with Gasteiger partial charge in [-0.2, -0.15) is 5.10 Å². The summed E-state index contributed by atoms with van der Waals surface area (Å²) in [4.78, 5) is 12.0. The standard InChI is InChI=1S/C18H17ClN2O2/c1-23-18(22)16-15(19)10-9-14-12-20-21(17(14)16)11-5-8-13-6-3-2-4-7-13/h2-4,6-7,9-10,12H,5,8,11H2,1H3. The third-order valence-electron chi connectivity index (χ3n) is 3.82. The summed E-state index contributed by atoms with van der Waals surface area (Å²) in [6.07, 6.45) is 3.63. The molecule has 118 valence electrons. The molecule has 0 saturated carbocycles. The SMILES string of the molecule is COC(=O)c1c(Cl)ccc2cnn(CCCc3ccccc3)c12. The Morgan fingerprint density at radius 1 is 1.22 bits per heavy atom. The van der Waals surface area contributed by atoms with Crippen molar-refractivity contribution in [3.05, 3.63) is 64.8 Å². The molecule has 3 aromatic rings. The number of carbonyl (C=O) groups excluding carboxylic acids is 1. The molecular weight excluding hydrogens is 312 g/mol. The van der Waals surface area contributed by atoms with E-state index in [-0.39, 0.29) is 0 Å². The van der Waals surface area contributed by atoms with Gasteiger partial charge < -0.3 is 4.74 Å². The van der Waals surface area contributed by atoms with Crippen molar-refractivity contribution in [1.82, 2.24) is 9.78 Å². The van der Waals surface area contributed by atoms with Gasteiger partial charge in [-0.15, -0.1) is 0 Å². The van der Waals surface area contributed by atoms with Crippen molar-refractivity contribution in [2.75, 3.05) is 7.11 Å². The Hall–Kier alpha value is -2.33. The van der Waals surface area contributed by atoms with Crippen molar-refractivity contribution < 1.29 is 9.53 Å². The molecule has 0 saturated heterocycles. The van der Waals surface area contributed by atoms with Crippen LogP contribution in [0.15, 0.2) is 48.7 Å². The number of methoxy groups -OCH3 is 1. The summed E-state index contributed by atoms with van der Waals surface area (Å²) in [5, 5.41) is 5.66. The summed E-state index contributed by atoms with van der Waals surface area (Å²) in [6.45, 7) is 0.711. The zero-order chi connectivity index (χ0) is 16.2. The Morgan fingerprint density at radius 3 is 2.74 bits per heavy atom. The summed E-state index contributed by atoms with van der Waals surface area (Å²) in [7, 11) is 1.35. The van der Waals surface area contributed by atoms with Crippen LogP contribution in [0.25, 0.3) is 10.9 Å². The van der Waals surface area contributed by atoms with Crippen molar-refractivity contribution in [2.45, 2.75) is 19.4 Å². The highest BCUT2D eigenvalue weighted by molar-refractivity contribution is 6.35. The van der Waals surface area contributed by atoms with Crippen LogP contribution < -0.4 is 0 Å². The minimum Gasteiger partial charge on any atom is -0.465 e. The number of hydrogen-bond acceptors (Lipinski definition) is 3. The average molecular weight is 329 g/mol. The van der Waals surface area contributed by atoms with Crippen LogP contribution in [0.1, 0.15) is 22.3 Å². The smallest absolute Gasteiger partial charge is 0.341 e. The topological polar surface area (TPSA) is 44.1 Å². The van der Waals surface area contributed by atoms with Gasteiger partial charge >= 0.3 is 5.97 Å². The number of halogens is 1. The molecule has 2 aromatic carbocycles. The monoisotopic (exact) mass is 328 g/mol. The van der Waals surface area contributed by atoms with Crippen LogP contribution in [0.5, 0.6) is 0 Å². The molecule has 0 aliphatic heterocycles. The molecule has 0 N–H and O–H groups in total. The molecule has 0 radical (unpaired) electrons. The van der Waals surface area contributed by atoms with Crippen molar-refractivity contribution in [2.24, 2.45) is 0 Å². The summed E-state index contributed by atoms with van der Waals surface area (Å²) in [5.41, 5.74) is 2.40. The number of hydrogen-bond donors (Lipinski definition) is 0. The lowest BCUT2D eigenvalue weighted by Gasteiger charge is -2.09. The maximum atomic E-state index is 12.0. The molecule has 0 fully saturated rings. The maximum Gasteiger partial charge on any atom is 0.341 e. The predicted octanol–water partition coefficient (Wildman–Crippen LogP) is 4.11. The van der Waals surface area contributed by atoms with Gasteiger partial charge in [-0.25, -0.2) is 4.79 Å². The first kappa shape index (κ1) is 15.6. The van der Waals surface area contributed by atoms with E-state index in [4.69, 9.17) is 16.3 Å². The number of benzene rings is 2. The van der Waals surface area contributed by atoms with Gasteiger partial charge in [-0.3, -0.25) is 4.68 Å². The van der Waals surface area contributed by atoms with Crippen LogP contribution in [0.4, 0.5) is 0 Å². The second kappa shape index (κ2) is 6.84. The van der Waals surface area contributed by atoms with E-state index < -0.39 is 5.97 Å². The van der Waals surface area contributed by atoms with Gasteiger partial charge in [-0.1, -0.05) is 41.9 Å². The summed E-state index contributed by atoms with van der Waals surface area (Å²) in [6, 6.07) is 13.9. The minimum absolute atomic E-state index is 0.379. The first-order valence-electron chi connectivity index (χ1n) is 7.47. The molecule has 0 aliphatic carbocycles. The number of fused-ring (bicyclic) bond motifs is 1. The van der Waals surface area contributed by atoms with Crippen molar-refractivity contribution in [1.29, 1.82) is 0 Å². The Morgan fingerprint density at radius 2 is 2.00 bits per heavy atom. The second-order valence-corrected chi connectivity index (χ2v) is 5.72. The Kier molecular flexibility index (Phi) is 4.63. The molecule has 0 atom stereocenters. The first-order chi connectivity index (χ1) is 11.2. The van der Waals surface area contributed by atoms with E-state index >= 15 is 0 Å². The lowest BCUT2D eigenvalue weighted by Crippen LogP contribution is -2.08. The molecule has 1 aromatic heterocycles. The molecule has 0 aliphatic rings. The molecule has 3 rings (SSSR count). The van der Waals surface area contributed by atoms with Crippen LogP contribution in [0, 0.1) is 0 Å². The van der Waals surface area contributed by atoms with E-state index in [2.05, 4.69) is 17.2 Å². The molecule has 0 bridgehead atoms. The van der Waals surface area contributed by atoms with Crippen LogP contribution >= 0.6 is 11.6 Å². The zero-order valence-corrected chi connectivity index (χ0v) is 13.6. The van der Waals surface area contributed by atoms with E-state index in [0.717, 1.165) is 23.7 Å². The van der Waals surface area contributed by atoms with E-state index in [9.17, 15) is 4.79 Å². The largest absolute Gasteiger partial charge is 0.465 e. The zero-order valence-electron chi connectivity index (χ0n) is 12.8. The van der Waals surface area contributed by atoms with E-state index in [1.165, 1.54) is 12.7 Å². The van der Waals surface area contributed by atoms with E-state index in [0.29, 0.717) is 17.1 Å². The van der Waals surface area contributed by atoms with Crippen molar-refractivity contribution >= 4 is 28.5 Å². The van der Waals surface area contributed by atoms with Crippen LogP contribution in [0.3, 0.4) is 0 Å². The fourth-order valence-electron chi connectivity index (χ4n) is 2.70. The van der Waals surface area contributed by atoms with Gasteiger partial charge in [0.25, 0.3) is 0 Å². The molecule has 1 heterocycles. The van der Waals surface area contributed by atoms with Crippen LogP contribution in [-0.2, 0) is 17.7 Å². The molecule has 5 heteroatoms. The van der Waals surface area contributed by atoms with E-state index in [1.54, 1.807) is 12.3 Å². The van der Waals surface area contributed by atoms with Crippen LogP contribution in [0.2, 0.25) is 5.02 Å². The lowest BCUT2D eigenvalue weighted by atomic mass is 10.1. The minimum atomic E-state index is -0.439. The molecule has 0 spiro atoms. The Balaban J connectivity index is 1.86. The number of rotatable bonds is 5. The van der Waals surface area contributed by atoms with Crippen molar-refractivity contribution in [3.8, 4) is 0 Å². The fraction of sp³-hybridized carbons (Fsp3) is 0.222. The number of carbonyl (C=O) groups is 1. The number of esters is 1. The van der Waals surface area contributed by atoms with E-state index in [1.807, 2.05) is 28.9 Å². The van der Waals surface area contributed by atoms with Crippen molar-refractivity contribution in [3.63, 3.8) is 0 Å². The Bertz CT molecular complexity index is 828. The molecule has 23 heavy (non-hydrogen) atoms. The van der Waals surface area contributed by atoms with Gasteiger partial charge in [0.15, 0.2) is 0 Å². The molecule has 0 amide bonds. The average Bonchev–Trinajstić information content (AvgIpc) is 2.98. The van der Waals surface area contributed by atoms with Gasteiger partial charge in [-0.05, 0) is 30.5 Å². The quantitative estimate of drug-likeness (QED) is 0.662. The summed E-state index contributed by atoms with van der Waals surface area (Å²) >= 11 is 6.19. The first-order valence-corrected chi connectivity index (χ1v) is 7.85. The fourth-order valence-corrected chi connectivity index (χ4v) is 2.93. The molecular formula is C18H17ClN2O2. The van der Waals surface area contributed by atoms with Gasteiger partial charge in [0.05, 0.1) is 23.8 Å². The highest BCUT2D eigenvalue weighted by atomic mass is 35.5. The van der Waals surface area contributed by atoms with Gasteiger partial charge in [0.2, 0.25) is 0 Å². The highest BCUT2D eigenvalue weighted by Gasteiger charge is 2.18. The third kappa shape index (κ3) is 3.22. The summed E-state index contributed by atoms with van der Waals surface area (Å²) in [5.74, 6) is -0.439. The Labute approximate surface area is 139 Å². The number of ether oxygens (including phenoxy) is 1. The van der Waals surface area contributed by atoms with Crippen LogP contribution in [-0.4, -0.2) is 22.9 Å². The molecule has 0 unspecified atom stereocenters.